The monoisotopic (exact) mass is 402 g/mol. The van der Waals surface area contributed by atoms with Crippen LogP contribution in [0.15, 0.2) is 0 Å². The van der Waals surface area contributed by atoms with Gasteiger partial charge in [-0.3, -0.25) is 4.18 Å². The van der Waals surface area contributed by atoms with Gasteiger partial charge >= 0.3 is 11.9 Å². The van der Waals surface area contributed by atoms with Gasteiger partial charge in [0, 0.05) is 0 Å². The van der Waals surface area contributed by atoms with Crippen molar-refractivity contribution in [3.05, 3.63) is 0 Å². The summed E-state index contributed by atoms with van der Waals surface area (Å²) in [5, 5.41) is 8.35. The van der Waals surface area contributed by atoms with Crippen LogP contribution in [0.25, 0.3) is 0 Å². The molecule has 0 unspecified atom stereocenters. The second-order valence-electron chi connectivity index (χ2n) is 4.78. The molecule has 0 radical (unpaired) electrons. The van der Waals surface area contributed by atoms with E-state index < -0.39 is 28.3 Å². The molecular weight excluding hydrogens is 372 g/mol. The first-order valence-electron chi connectivity index (χ1n) is 8.10. The van der Waals surface area contributed by atoms with E-state index in [0.717, 1.165) is 6.26 Å². The van der Waals surface area contributed by atoms with E-state index in [9.17, 15) is 18.0 Å². The summed E-state index contributed by atoms with van der Waals surface area (Å²) in [7, 11) is -3.45. The zero-order valence-electron chi connectivity index (χ0n) is 15.9. The van der Waals surface area contributed by atoms with E-state index in [-0.39, 0.29) is 39.0 Å². The van der Waals surface area contributed by atoms with Gasteiger partial charge in [-0.15, -0.1) is 0 Å². The largest absolute Gasteiger partial charge is 0.464 e. The molecule has 156 valence electrons. The molecule has 0 aromatic carbocycles. The molecule has 0 amide bonds. The van der Waals surface area contributed by atoms with Crippen molar-refractivity contribution in [2.45, 2.75) is 39.9 Å². The summed E-state index contributed by atoms with van der Waals surface area (Å²) < 4.78 is 44.7. The molecule has 11 heteroatoms. The number of carbonyl (C=O) groups excluding carboxylic acids is 2. The highest BCUT2D eigenvalue weighted by Gasteiger charge is 2.14. The lowest BCUT2D eigenvalue weighted by Gasteiger charge is -2.11. The normalized spacial score (nSPS) is 13.2. The highest BCUT2D eigenvalue weighted by Crippen LogP contribution is 1.96. The van der Waals surface area contributed by atoms with Crippen molar-refractivity contribution in [3.8, 4) is 0 Å². The standard InChI is InChI=1S/C8H16O6S.C7H14O4/c1-4-12-8(9)7(2)13-5-6-14-15(3,10)11;1-3-10-7(9)6(2)11-5-4-8/h7H,4-6H2,1-3H3;6,8H,3-5H2,1-2H3/t7-;6-/m00/s1. The Bertz CT molecular complexity index is 477. The lowest BCUT2D eigenvalue weighted by Crippen LogP contribution is -2.25. The van der Waals surface area contributed by atoms with Gasteiger partial charge in [-0.25, -0.2) is 9.59 Å². The summed E-state index contributed by atoms with van der Waals surface area (Å²) in [6.45, 7) is 7.18. The van der Waals surface area contributed by atoms with Crippen LogP contribution in [0.1, 0.15) is 27.7 Å². The maximum absolute atomic E-state index is 11.0. The molecule has 0 saturated carbocycles. The third-order valence-electron chi connectivity index (χ3n) is 2.44. The molecule has 0 bridgehead atoms. The first kappa shape index (κ1) is 27.0. The second kappa shape index (κ2) is 15.9. The molecule has 0 spiro atoms. The van der Waals surface area contributed by atoms with Crippen LogP contribution in [0.4, 0.5) is 0 Å². The topological polar surface area (TPSA) is 135 Å². The minimum Gasteiger partial charge on any atom is -0.464 e. The van der Waals surface area contributed by atoms with Gasteiger partial charge in [0.15, 0.2) is 12.2 Å². The number of aliphatic hydroxyl groups is 1. The fraction of sp³-hybridized carbons (Fsp3) is 0.867. The Balaban J connectivity index is 0. The van der Waals surface area contributed by atoms with Gasteiger partial charge < -0.3 is 24.1 Å². The number of ether oxygens (including phenoxy) is 4. The lowest BCUT2D eigenvalue weighted by molar-refractivity contribution is -0.156. The summed E-state index contributed by atoms with van der Waals surface area (Å²) in [6, 6.07) is 0. The van der Waals surface area contributed by atoms with Crippen LogP contribution in [-0.2, 0) is 42.8 Å². The Morgan fingerprint density at radius 2 is 1.31 bits per heavy atom. The fourth-order valence-corrected chi connectivity index (χ4v) is 1.67. The number of hydrogen-bond donors (Lipinski definition) is 1. The fourth-order valence-electron chi connectivity index (χ4n) is 1.30. The number of aliphatic hydroxyl groups excluding tert-OH is 1. The Labute approximate surface area is 154 Å². The van der Waals surface area contributed by atoms with Crippen molar-refractivity contribution >= 4 is 22.1 Å². The zero-order chi connectivity index (χ0) is 20.6. The number of rotatable bonds is 12. The van der Waals surface area contributed by atoms with E-state index in [1.165, 1.54) is 6.92 Å². The molecule has 0 aliphatic heterocycles. The van der Waals surface area contributed by atoms with Crippen LogP contribution < -0.4 is 0 Å². The summed E-state index contributed by atoms with van der Waals surface area (Å²) in [5.74, 6) is -0.863. The van der Waals surface area contributed by atoms with Crippen LogP contribution >= 0.6 is 0 Å². The molecule has 10 nitrogen and oxygen atoms in total. The Kier molecular flexibility index (Phi) is 16.5. The van der Waals surface area contributed by atoms with Crippen molar-refractivity contribution in [2.24, 2.45) is 0 Å². The van der Waals surface area contributed by atoms with Crippen molar-refractivity contribution in [3.63, 3.8) is 0 Å². The van der Waals surface area contributed by atoms with Gasteiger partial charge in [-0.2, -0.15) is 8.42 Å². The van der Waals surface area contributed by atoms with Gasteiger partial charge in [0.25, 0.3) is 10.1 Å². The highest BCUT2D eigenvalue weighted by molar-refractivity contribution is 7.85. The van der Waals surface area contributed by atoms with E-state index in [4.69, 9.17) is 14.6 Å². The second-order valence-corrected chi connectivity index (χ2v) is 6.42. The molecular formula is C15H30O10S. The molecule has 0 aromatic heterocycles. The maximum atomic E-state index is 11.0. The quantitative estimate of drug-likeness (QED) is 0.267. The van der Waals surface area contributed by atoms with Crippen LogP contribution in [0.2, 0.25) is 0 Å². The van der Waals surface area contributed by atoms with Crippen molar-refractivity contribution in [1.82, 2.24) is 0 Å². The summed E-state index contributed by atoms with van der Waals surface area (Å²) >= 11 is 0. The van der Waals surface area contributed by atoms with E-state index in [1.54, 1.807) is 20.8 Å². The minimum atomic E-state index is -3.45. The van der Waals surface area contributed by atoms with Gasteiger partial charge in [0.05, 0.1) is 45.9 Å². The molecule has 0 fully saturated rings. The van der Waals surface area contributed by atoms with Crippen molar-refractivity contribution < 1.29 is 46.2 Å². The van der Waals surface area contributed by atoms with Gasteiger partial charge in [-0.1, -0.05) is 0 Å². The van der Waals surface area contributed by atoms with E-state index >= 15 is 0 Å². The van der Waals surface area contributed by atoms with Crippen molar-refractivity contribution in [1.29, 1.82) is 0 Å². The average molecular weight is 402 g/mol. The predicted octanol–water partition coefficient (Wildman–Crippen LogP) is -0.122. The maximum Gasteiger partial charge on any atom is 0.334 e. The average Bonchev–Trinajstić information content (AvgIpc) is 2.56. The molecule has 0 rings (SSSR count). The van der Waals surface area contributed by atoms with Crippen LogP contribution in [0.3, 0.4) is 0 Å². The van der Waals surface area contributed by atoms with Gasteiger partial charge in [0.2, 0.25) is 0 Å². The third kappa shape index (κ3) is 17.5. The Morgan fingerprint density at radius 1 is 0.885 bits per heavy atom. The summed E-state index contributed by atoms with van der Waals surface area (Å²) in [5.41, 5.74) is 0. The van der Waals surface area contributed by atoms with Crippen molar-refractivity contribution in [2.75, 3.05) is 45.9 Å². The first-order chi connectivity index (χ1) is 12.1. The molecule has 0 heterocycles. The third-order valence-corrected chi connectivity index (χ3v) is 3.04. The van der Waals surface area contributed by atoms with Crippen LogP contribution in [0, 0.1) is 0 Å². The smallest absolute Gasteiger partial charge is 0.334 e. The van der Waals surface area contributed by atoms with E-state index in [0.29, 0.717) is 6.61 Å². The van der Waals surface area contributed by atoms with E-state index in [2.05, 4.69) is 13.7 Å². The highest BCUT2D eigenvalue weighted by atomic mass is 32.2. The SMILES string of the molecule is CCOC(=O)[C@H](C)OCCO.CCOC(=O)[C@H](C)OCCOS(C)(=O)=O. The summed E-state index contributed by atoms with van der Waals surface area (Å²) in [4.78, 5) is 21.8. The number of hydrogen-bond acceptors (Lipinski definition) is 10. The van der Waals surface area contributed by atoms with Gasteiger partial charge in [0.1, 0.15) is 0 Å². The Hall–Kier alpha value is -1.27. The summed E-state index contributed by atoms with van der Waals surface area (Å²) in [6.07, 6.45) is -0.350. The molecule has 0 aromatic rings. The number of esters is 2. The lowest BCUT2D eigenvalue weighted by atomic mass is 10.4. The molecule has 0 aliphatic carbocycles. The first-order valence-corrected chi connectivity index (χ1v) is 9.92. The predicted molar refractivity (Wildman–Crippen MR) is 92.0 cm³/mol. The van der Waals surface area contributed by atoms with Gasteiger partial charge in [-0.05, 0) is 27.7 Å². The minimum absolute atomic E-state index is 0.0209. The molecule has 1 N–H and O–H groups in total. The molecule has 0 aliphatic rings. The zero-order valence-corrected chi connectivity index (χ0v) is 16.7. The molecule has 0 saturated heterocycles. The Morgan fingerprint density at radius 3 is 1.65 bits per heavy atom. The van der Waals surface area contributed by atoms with E-state index in [1.807, 2.05) is 0 Å². The van der Waals surface area contributed by atoms with Crippen LogP contribution in [-0.4, -0.2) is 83.6 Å². The molecule has 2 atom stereocenters. The van der Waals surface area contributed by atoms with Crippen LogP contribution in [0.5, 0.6) is 0 Å². The number of carbonyl (C=O) groups is 2. The molecule has 26 heavy (non-hydrogen) atoms.